The molecule has 2 atom stereocenters. The Morgan fingerprint density at radius 1 is 1.62 bits per heavy atom. The van der Waals surface area contributed by atoms with E-state index in [4.69, 9.17) is 10.5 Å². The van der Waals surface area contributed by atoms with E-state index in [9.17, 15) is 0 Å². The average Bonchev–Trinajstić information content (AvgIpc) is 2.71. The van der Waals surface area contributed by atoms with Crippen LogP contribution in [0.2, 0.25) is 0 Å². The molecule has 2 unspecified atom stereocenters. The summed E-state index contributed by atoms with van der Waals surface area (Å²) < 4.78 is 5.58. The highest BCUT2D eigenvalue weighted by atomic mass is 32.1. The molecule has 0 saturated carbocycles. The minimum atomic E-state index is 0.312. The van der Waals surface area contributed by atoms with Crippen molar-refractivity contribution in [1.29, 1.82) is 0 Å². The van der Waals surface area contributed by atoms with Gasteiger partial charge in [-0.05, 0) is 12.8 Å². The fourth-order valence-electron chi connectivity index (χ4n) is 1.73. The summed E-state index contributed by atoms with van der Waals surface area (Å²) in [6.07, 6.45) is 2.39. The summed E-state index contributed by atoms with van der Waals surface area (Å²) >= 11 is 1.48. The molecule has 0 radical (unpaired) electrons. The summed E-state index contributed by atoms with van der Waals surface area (Å²) in [7, 11) is 0. The van der Waals surface area contributed by atoms with Gasteiger partial charge in [-0.1, -0.05) is 18.3 Å². The molecule has 1 aliphatic rings. The lowest BCUT2D eigenvalue weighted by molar-refractivity contribution is 0.100. The molecule has 5 heteroatoms. The van der Waals surface area contributed by atoms with Crippen molar-refractivity contribution in [2.75, 3.05) is 12.3 Å². The Hall–Kier alpha value is -0.680. The zero-order chi connectivity index (χ0) is 9.26. The van der Waals surface area contributed by atoms with Gasteiger partial charge in [0.25, 0.3) is 0 Å². The third-order valence-electron chi connectivity index (χ3n) is 2.39. The predicted octanol–water partition coefficient (Wildman–Crippen LogP) is 1.40. The van der Waals surface area contributed by atoms with Crippen LogP contribution in [0.5, 0.6) is 0 Å². The molecule has 0 aromatic carbocycles. The Labute approximate surface area is 81.1 Å². The molecular formula is C8H13N3OS. The lowest BCUT2D eigenvalue weighted by atomic mass is 10.0. The van der Waals surface area contributed by atoms with E-state index in [2.05, 4.69) is 17.1 Å². The Morgan fingerprint density at radius 2 is 2.46 bits per heavy atom. The molecule has 1 saturated heterocycles. The Kier molecular flexibility index (Phi) is 2.46. The molecular weight excluding hydrogens is 186 g/mol. The maximum atomic E-state index is 5.58. The van der Waals surface area contributed by atoms with Crippen LogP contribution < -0.4 is 5.73 Å². The van der Waals surface area contributed by atoms with E-state index in [0.29, 0.717) is 17.2 Å². The van der Waals surface area contributed by atoms with Gasteiger partial charge in [0, 0.05) is 12.5 Å². The normalized spacial score (nSPS) is 28.1. The van der Waals surface area contributed by atoms with Crippen molar-refractivity contribution in [2.24, 2.45) is 0 Å². The maximum Gasteiger partial charge on any atom is 0.203 e. The summed E-state index contributed by atoms with van der Waals surface area (Å²) in [5, 5.41) is 9.46. The molecule has 0 amide bonds. The third-order valence-corrected chi connectivity index (χ3v) is 3.27. The molecule has 2 N–H and O–H groups in total. The highest BCUT2D eigenvalue weighted by molar-refractivity contribution is 7.15. The summed E-state index contributed by atoms with van der Waals surface area (Å²) in [5.41, 5.74) is 5.54. The van der Waals surface area contributed by atoms with Crippen molar-refractivity contribution >= 4 is 16.5 Å². The fourth-order valence-corrected chi connectivity index (χ4v) is 2.53. The van der Waals surface area contributed by atoms with E-state index in [1.807, 2.05) is 0 Å². The number of ether oxygens (including phenoxy) is 1. The molecule has 0 aliphatic carbocycles. The van der Waals surface area contributed by atoms with Crippen molar-refractivity contribution in [1.82, 2.24) is 10.2 Å². The number of rotatable bonds is 2. The van der Waals surface area contributed by atoms with Crippen LogP contribution >= 0.6 is 11.3 Å². The fraction of sp³-hybridized carbons (Fsp3) is 0.750. The zero-order valence-corrected chi connectivity index (χ0v) is 8.38. The summed E-state index contributed by atoms with van der Waals surface area (Å²) in [6, 6.07) is 0. The van der Waals surface area contributed by atoms with Crippen molar-refractivity contribution in [3.05, 3.63) is 5.01 Å². The molecule has 72 valence electrons. The summed E-state index contributed by atoms with van der Waals surface area (Å²) in [5.74, 6) is 0.416. The van der Waals surface area contributed by atoms with E-state index in [1.165, 1.54) is 11.3 Å². The largest absolute Gasteiger partial charge is 0.377 e. The molecule has 13 heavy (non-hydrogen) atoms. The van der Waals surface area contributed by atoms with Crippen LogP contribution in [-0.4, -0.2) is 22.9 Å². The minimum Gasteiger partial charge on any atom is -0.377 e. The molecule has 1 aromatic heterocycles. The number of anilines is 1. The number of nitrogen functional groups attached to an aromatic ring is 1. The van der Waals surface area contributed by atoms with Gasteiger partial charge in [0.15, 0.2) is 0 Å². The second kappa shape index (κ2) is 3.59. The van der Waals surface area contributed by atoms with E-state index >= 15 is 0 Å². The first-order chi connectivity index (χ1) is 6.31. The van der Waals surface area contributed by atoms with Crippen molar-refractivity contribution in [3.8, 4) is 0 Å². The van der Waals surface area contributed by atoms with E-state index in [1.54, 1.807) is 0 Å². The Balaban J connectivity index is 2.15. The SMILES string of the molecule is CCC1OCCC1c1nnc(N)s1. The topological polar surface area (TPSA) is 61.0 Å². The molecule has 4 nitrogen and oxygen atoms in total. The Bertz CT molecular complexity index is 289. The Morgan fingerprint density at radius 3 is 3.08 bits per heavy atom. The van der Waals surface area contributed by atoms with Crippen LogP contribution in [0.25, 0.3) is 0 Å². The standard InChI is InChI=1S/C8H13N3OS/c1-2-6-5(3-4-12-6)7-10-11-8(9)13-7/h5-6H,2-4H2,1H3,(H2,9,11). The number of nitrogens with two attached hydrogens (primary N) is 1. The van der Waals surface area contributed by atoms with Crippen LogP contribution in [0, 0.1) is 0 Å². The van der Waals surface area contributed by atoms with Gasteiger partial charge in [0.05, 0.1) is 6.10 Å². The molecule has 1 fully saturated rings. The van der Waals surface area contributed by atoms with Crippen LogP contribution in [-0.2, 0) is 4.74 Å². The lowest BCUT2D eigenvalue weighted by Crippen LogP contribution is -2.12. The molecule has 2 rings (SSSR count). The highest BCUT2D eigenvalue weighted by Gasteiger charge is 2.30. The first-order valence-electron chi connectivity index (χ1n) is 4.51. The number of hydrogen-bond donors (Lipinski definition) is 1. The number of aromatic nitrogens is 2. The number of nitrogens with zero attached hydrogens (tertiary/aromatic N) is 2. The van der Waals surface area contributed by atoms with Gasteiger partial charge in [0.2, 0.25) is 5.13 Å². The second-order valence-electron chi connectivity index (χ2n) is 3.19. The van der Waals surface area contributed by atoms with Crippen molar-refractivity contribution in [3.63, 3.8) is 0 Å². The lowest BCUT2D eigenvalue weighted by Gasteiger charge is -2.12. The first kappa shape index (κ1) is 8.90. The number of hydrogen-bond acceptors (Lipinski definition) is 5. The van der Waals surface area contributed by atoms with Crippen LogP contribution in [0.15, 0.2) is 0 Å². The van der Waals surface area contributed by atoms with Gasteiger partial charge in [-0.2, -0.15) is 0 Å². The van der Waals surface area contributed by atoms with E-state index in [-0.39, 0.29) is 0 Å². The van der Waals surface area contributed by atoms with Gasteiger partial charge in [-0.25, -0.2) is 0 Å². The van der Waals surface area contributed by atoms with Gasteiger partial charge in [-0.3, -0.25) is 0 Å². The molecule has 0 spiro atoms. The quantitative estimate of drug-likeness (QED) is 0.782. The third kappa shape index (κ3) is 1.66. The molecule has 2 heterocycles. The first-order valence-corrected chi connectivity index (χ1v) is 5.33. The molecule has 0 bridgehead atoms. The monoisotopic (exact) mass is 199 g/mol. The smallest absolute Gasteiger partial charge is 0.203 e. The van der Waals surface area contributed by atoms with Gasteiger partial charge < -0.3 is 10.5 Å². The van der Waals surface area contributed by atoms with Gasteiger partial charge in [0.1, 0.15) is 5.01 Å². The highest BCUT2D eigenvalue weighted by Crippen LogP contribution is 2.34. The molecule has 1 aliphatic heterocycles. The van der Waals surface area contributed by atoms with Crippen molar-refractivity contribution in [2.45, 2.75) is 31.8 Å². The second-order valence-corrected chi connectivity index (χ2v) is 4.23. The predicted molar refractivity (Wildman–Crippen MR) is 51.7 cm³/mol. The van der Waals surface area contributed by atoms with E-state index in [0.717, 1.165) is 24.5 Å². The zero-order valence-electron chi connectivity index (χ0n) is 7.56. The van der Waals surface area contributed by atoms with Gasteiger partial charge >= 0.3 is 0 Å². The molecule has 1 aromatic rings. The van der Waals surface area contributed by atoms with Crippen LogP contribution in [0.4, 0.5) is 5.13 Å². The van der Waals surface area contributed by atoms with Crippen LogP contribution in [0.3, 0.4) is 0 Å². The van der Waals surface area contributed by atoms with Crippen LogP contribution in [0.1, 0.15) is 30.7 Å². The average molecular weight is 199 g/mol. The minimum absolute atomic E-state index is 0.312. The van der Waals surface area contributed by atoms with Crippen molar-refractivity contribution < 1.29 is 4.74 Å². The summed E-state index contributed by atoms with van der Waals surface area (Å²) in [4.78, 5) is 0. The van der Waals surface area contributed by atoms with E-state index < -0.39 is 0 Å². The maximum absolute atomic E-state index is 5.58. The van der Waals surface area contributed by atoms with Gasteiger partial charge in [-0.15, -0.1) is 10.2 Å². The summed E-state index contributed by atoms with van der Waals surface area (Å²) in [6.45, 7) is 2.97.